The number of methoxy groups -OCH3 is 1. The Kier molecular flexibility index (Phi) is 5.56. The Hall–Kier alpha value is -0.870. The molecule has 19 heavy (non-hydrogen) atoms. The number of hydrogen-bond donors (Lipinski definition) is 0. The Bertz CT molecular complexity index is 514. The third kappa shape index (κ3) is 4.32. The Labute approximate surface area is 129 Å². The predicted molar refractivity (Wildman–Crippen MR) is 86.9 cm³/mol. The number of thiazole rings is 1. The van der Waals surface area contributed by atoms with E-state index in [1.54, 1.807) is 18.4 Å². The van der Waals surface area contributed by atoms with E-state index < -0.39 is 0 Å². The van der Waals surface area contributed by atoms with Gasteiger partial charge in [0.15, 0.2) is 0 Å². The second-order valence-electron chi connectivity index (χ2n) is 5.40. The lowest BCUT2D eigenvalue weighted by Gasteiger charge is -2.14. The van der Waals surface area contributed by atoms with Crippen LogP contribution in [0.5, 0.6) is 5.75 Å². The molecule has 0 radical (unpaired) electrons. The van der Waals surface area contributed by atoms with Crippen molar-refractivity contribution in [2.45, 2.75) is 32.6 Å². The molecular formula is C15H20BrNOS. The van der Waals surface area contributed by atoms with Crippen LogP contribution >= 0.6 is 28.3 Å². The largest absolute Gasteiger partial charge is 0.497 e. The summed E-state index contributed by atoms with van der Waals surface area (Å²) in [6.45, 7) is 6.58. The average molecular weight is 342 g/mol. The molecule has 104 valence electrons. The summed E-state index contributed by atoms with van der Waals surface area (Å²) >= 11 is 1.74. The van der Waals surface area contributed by atoms with Crippen molar-refractivity contribution in [2.24, 2.45) is 0 Å². The zero-order valence-electron chi connectivity index (χ0n) is 11.8. The molecule has 0 aliphatic heterocycles. The molecule has 0 aliphatic rings. The molecule has 0 N–H and O–H groups in total. The van der Waals surface area contributed by atoms with E-state index in [0.717, 1.165) is 12.2 Å². The summed E-state index contributed by atoms with van der Waals surface area (Å²) in [5.41, 5.74) is 2.58. The Balaban J connectivity index is 0.00000180. The molecule has 1 aromatic carbocycles. The van der Waals surface area contributed by atoms with Crippen molar-refractivity contribution in [3.63, 3.8) is 0 Å². The minimum atomic E-state index is 0. The van der Waals surface area contributed by atoms with E-state index in [-0.39, 0.29) is 22.4 Å². The van der Waals surface area contributed by atoms with Gasteiger partial charge in [-0.3, -0.25) is 0 Å². The molecule has 0 fully saturated rings. The SMILES string of the molecule is Br.COc1ccc(Cc2nc(C(C)(C)C)cs2)cc1. The Morgan fingerprint density at radius 3 is 2.26 bits per heavy atom. The van der Waals surface area contributed by atoms with Crippen LogP contribution in [0.4, 0.5) is 0 Å². The predicted octanol–water partition coefficient (Wildman–Crippen LogP) is 4.62. The fourth-order valence-corrected chi connectivity index (χ4v) is 2.71. The number of benzene rings is 1. The minimum absolute atomic E-state index is 0. The summed E-state index contributed by atoms with van der Waals surface area (Å²) < 4.78 is 5.16. The first-order valence-electron chi connectivity index (χ1n) is 6.07. The number of hydrogen-bond acceptors (Lipinski definition) is 3. The van der Waals surface area contributed by atoms with Gasteiger partial charge >= 0.3 is 0 Å². The average Bonchev–Trinajstić information content (AvgIpc) is 2.78. The zero-order valence-corrected chi connectivity index (χ0v) is 14.3. The number of ether oxygens (including phenoxy) is 1. The van der Waals surface area contributed by atoms with Gasteiger partial charge in [-0.15, -0.1) is 28.3 Å². The van der Waals surface area contributed by atoms with Gasteiger partial charge in [0.05, 0.1) is 17.8 Å². The summed E-state index contributed by atoms with van der Waals surface area (Å²) in [4.78, 5) is 4.71. The van der Waals surface area contributed by atoms with E-state index in [2.05, 4.69) is 38.3 Å². The number of rotatable bonds is 3. The maximum Gasteiger partial charge on any atom is 0.118 e. The van der Waals surface area contributed by atoms with Crippen molar-refractivity contribution in [1.29, 1.82) is 0 Å². The molecule has 2 nitrogen and oxygen atoms in total. The van der Waals surface area contributed by atoms with Crippen molar-refractivity contribution in [3.05, 3.63) is 45.9 Å². The number of nitrogens with zero attached hydrogens (tertiary/aromatic N) is 1. The van der Waals surface area contributed by atoms with Crippen LogP contribution < -0.4 is 4.74 Å². The summed E-state index contributed by atoms with van der Waals surface area (Å²) in [6, 6.07) is 8.18. The highest BCUT2D eigenvalue weighted by Crippen LogP contribution is 2.25. The van der Waals surface area contributed by atoms with Crippen molar-refractivity contribution in [2.75, 3.05) is 7.11 Å². The van der Waals surface area contributed by atoms with Crippen LogP contribution in [0, 0.1) is 0 Å². The van der Waals surface area contributed by atoms with Crippen LogP contribution in [0.25, 0.3) is 0 Å². The number of aromatic nitrogens is 1. The van der Waals surface area contributed by atoms with Gasteiger partial charge in [0.1, 0.15) is 5.75 Å². The molecule has 0 amide bonds. The Morgan fingerprint density at radius 1 is 1.16 bits per heavy atom. The first kappa shape index (κ1) is 16.2. The van der Waals surface area contributed by atoms with Crippen molar-refractivity contribution in [1.82, 2.24) is 4.98 Å². The van der Waals surface area contributed by atoms with Gasteiger partial charge < -0.3 is 4.74 Å². The molecule has 0 unspecified atom stereocenters. The van der Waals surface area contributed by atoms with Gasteiger partial charge in [0.2, 0.25) is 0 Å². The molecular weight excluding hydrogens is 322 g/mol. The van der Waals surface area contributed by atoms with Crippen LogP contribution in [0.2, 0.25) is 0 Å². The molecule has 0 atom stereocenters. The first-order chi connectivity index (χ1) is 8.49. The van der Waals surface area contributed by atoms with E-state index in [4.69, 9.17) is 9.72 Å². The summed E-state index contributed by atoms with van der Waals surface area (Å²) in [7, 11) is 1.69. The maximum absolute atomic E-state index is 5.16. The van der Waals surface area contributed by atoms with Crippen molar-refractivity contribution >= 4 is 28.3 Å². The lowest BCUT2D eigenvalue weighted by molar-refractivity contribution is 0.414. The molecule has 0 aliphatic carbocycles. The molecule has 0 bridgehead atoms. The van der Waals surface area contributed by atoms with E-state index in [0.29, 0.717) is 0 Å². The molecule has 1 aromatic heterocycles. The van der Waals surface area contributed by atoms with Gasteiger partial charge in [-0.25, -0.2) is 4.98 Å². The van der Waals surface area contributed by atoms with Gasteiger partial charge in [-0.05, 0) is 17.7 Å². The summed E-state index contributed by atoms with van der Waals surface area (Å²) in [5, 5.41) is 3.34. The van der Waals surface area contributed by atoms with Crippen LogP contribution in [-0.4, -0.2) is 12.1 Å². The third-order valence-electron chi connectivity index (χ3n) is 2.83. The van der Waals surface area contributed by atoms with Gasteiger partial charge in [0.25, 0.3) is 0 Å². The summed E-state index contributed by atoms with van der Waals surface area (Å²) in [5.74, 6) is 0.897. The lowest BCUT2D eigenvalue weighted by atomic mass is 9.93. The van der Waals surface area contributed by atoms with E-state index >= 15 is 0 Å². The second-order valence-corrected chi connectivity index (χ2v) is 6.34. The molecule has 0 spiro atoms. The fourth-order valence-electron chi connectivity index (χ4n) is 1.65. The van der Waals surface area contributed by atoms with Crippen LogP contribution in [0.1, 0.15) is 37.0 Å². The topological polar surface area (TPSA) is 22.1 Å². The molecule has 2 rings (SSSR count). The van der Waals surface area contributed by atoms with Crippen molar-refractivity contribution < 1.29 is 4.74 Å². The third-order valence-corrected chi connectivity index (χ3v) is 3.68. The highest BCUT2D eigenvalue weighted by atomic mass is 79.9. The second kappa shape index (κ2) is 6.53. The molecule has 4 heteroatoms. The smallest absolute Gasteiger partial charge is 0.118 e. The Morgan fingerprint density at radius 2 is 1.79 bits per heavy atom. The maximum atomic E-state index is 5.16. The lowest BCUT2D eigenvalue weighted by Crippen LogP contribution is -2.11. The van der Waals surface area contributed by atoms with Gasteiger partial charge in [0, 0.05) is 17.2 Å². The van der Waals surface area contributed by atoms with E-state index in [9.17, 15) is 0 Å². The highest BCUT2D eigenvalue weighted by molar-refractivity contribution is 8.93. The highest BCUT2D eigenvalue weighted by Gasteiger charge is 2.17. The molecule has 2 aromatic rings. The van der Waals surface area contributed by atoms with Crippen LogP contribution in [0.3, 0.4) is 0 Å². The van der Waals surface area contributed by atoms with Gasteiger partial charge in [-0.2, -0.15) is 0 Å². The quantitative estimate of drug-likeness (QED) is 0.812. The fraction of sp³-hybridized carbons (Fsp3) is 0.400. The van der Waals surface area contributed by atoms with Crippen molar-refractivity contribution in [3.8, 4) is 5.75 Å². The molecule has 0 saturated heterocycles. The van der Waals surface area contributed by atoms with E-state index in [1.165, 1.54) is 16.3 Å². The normalized spacial score (nSPS) is 10.9. The standard InChI is InChI=1S/C15H19NOS.BrH/c1-15(2,3)13-10-18-14(16-13)9-11-5-7-12(17-4)8-6-11;/h5-8,10H,9H2,1-4H3;1H. The number of halogens is 1. The van der Waals surface area contributed by atoms with Crippen LogP contribution in [0.15, 0.2) is 29.6 Å². The van der Waals surface area contributed by atoms with E-state index in [1.807, 2.05) is 12.1 Å². The first-order valence-corrected chi connectivity index (χ1v) is 6.95. The van der Waals surface area contributed by atoms with Gasteiger partial charge in [-0.1, -0.05) is 32.9 Å². The van der Waals surface area contributed by atoms with Crippen LogP contribution in [-0.2, 0) is 11.8 Å². The molecule has 1 heterocycles. The monoisotopic (exact) mass is 341 g/mol. The minimum Gasteiger partial charge on any atom is -0.497 e. The molecule has 0 saturated carbocycles. The zero-order chi connectivity index (χ0) is 13.2. The summed E-state index contributed by atoms with van der Waals surface area (Å²) in [6.07, 6.45) is 0.894.